The molecule has 1 aromatic carbocycles. The molecule has 0 saturated carbocycles. The molecule has 1 aromatic heterocycles. The van der Waals surface area contributed by atoms with E-state index in [0.29, 0.717) is 36.7 Å². The molecule has 1 fully saturated rings. The van der Waals surface area contributed by atoms with Gasteiger partial charge in [0.15, 0.2) is 5.82 Å². The summed E-state index contributed by atoms with van der Waals surface area (Å²) in [6.45, 7) is 5.48. The summed E-state index contributed by atoms with van der Waals surface area (Å²) >= 11 is 0. The Bertz CT molecular complexity index is 912. The van der Waals surface area contributed by atoms with Crippen LogP contribution in [0.5, 0.6) is 0 Å². The number of piperazine rings is 1. The van der Waals surface area contributed by atoms with Gasteiger partial charge in [-0.1, -0.05) is 25.1 Å². The zero-order valence-corrected chi connectivity index (χ0v) is 16.6. The molecule has 9 heteroatoms. The molecule has 2 aromatic rings. The van der Waals surface area contributed by atoms with Crippen molar-refractivity contribution in [2.75, 3.05) is 42.3 Å². The normalized spacial score (nSPS) is 14.5. The van der Waals surface area contributed by atoms with Crippen LogP contribution in [-0.2, 0) is 10.0 Å². The lowest BCUT2D eigenvalue weighted by Gasteiger charge is -2.30. The Kier molecular flexibility index (Phi) is 6.48. The summed E-state index contributed by atoms with van der Waals surface area (Å²) in [6.07, 6.45) is 2.30. The highest BCUT2D eigenvalue weighted by molar-refractivity contribution is 7.92. The van der Waals surface area contributed by atoms with Crippen LogP contribution < -0.4 is 20.3 Å². The Hall–Kier alpha value is -2.65. The van der Waals surface area contributed by atoms with Gasteiger partial charge in [0.1, 0.15) is 0 Å². The minimum Gasteiger partial charge on any atom is -0.352 e. The van der Waals surface area contributed by atoms with E-state index in [0.717, 1.165) is 19.5 Å². The summed E-state index contributed by atoms with van der Waals surface area (Å²) in [5.41, 5.74) is 0.619. The first-order valence-corrected chi connectivity index (χ1v) is 10.8. The van der Waals surface area contributed by atoms with Crippen molar-refractivity contribution in [1.29, 1.82) is 0 Å². The number of rotatable bonds is 7. The van der Waals surface area contributed by atoms with Crippen molar-refractivity contribution in [3.8, 4) is 0 Å². The summed E-state index contributed by atoms with van der Waals surface area (Å²) in [6, 6.07) is 9.69. The number of hydrogen-bond acceptors (Lipinski definition) is 6. The molecule has 0 spiro atoms. The number of sulfonamides is 1. The van der Waals surface area contributed by atoms with Crippen LogP contribution in [0.1, 0.15) is 23.7 Å². The fourth-order valence-electron chi connectivity index (χ4n) is 2.93. The van der Waals surface area contributed by atoms with Gasteiger partial charge in [-0.05, 0) is 24.6 Å². The molecule has 150 valence electrons. The number of nitrogens with zero attached hydrogens (tertiary/aromatic N) is 2. The Morgan fingerprint density at radius 1 is 1.21 bits per heavy atom. The lowest BCUT2D eigenvalue weighted by atomic mass is 10.2. The van der Waals surface area contributed by atoms with Crippen LogP contribution in [0.15, 0.2) is 47.5 Å². The highest BCUT2D eigenvalue weighted by atomic mass is 32.2. The second-order valence-electron chi connectivity index (χ2n) is 6.51. The Morgan fingerprint density at radius 2 is 1.93 bits per heavy atom. The molecule has 3 N–H and O–H groups in total. The monoisotopic (exact) mass is 403 g/mol. The molecule has 1 saturated heterocycles. The molecule has 1 aliphatic heterocycles. The van der Waals surface area contributed by atoms with Crippen molar-refractivity contribution in [2.24, 2.45) is 0 Å². The summed E-state index contributed by atoms with van der Waals surface area (Å²) < 4.78 is 28.3. The molecular weight excluding hydrogens is 378 g/mol. The maximum atomic E-state index is 12.8. The van der Waals surface area contributed by atoms with Gasteiger partial charge < -0.3 is 15.5 Å². The summed E-state index contributed by atoms with van der Waals surface area (Å²) in [5, 5.41) is 6.05. The van der Waals surface area contributed by atoms with Crippen LogP contribution >= 0.6 is 0 Å². The largest absolute Gasteiger partial charge is 0.352 e. The van der Waals surface area contributed by atoms with Crippen molar-refractivity contribution < 1.29 is 13.2 Å². The van der Waals surface area contributed by atoms with E-state index in [1.165, 1.54) is 18.3 Å². The molecule has 1 aliphatic rings. The molecule has 0 bridgehead atoms. The standard InChI is InChI=1S/C19H25N5O3S/c1-2-8-21-19(25)15-13-17(18(22-14-15)24-11-9-20-10-12-24)23-28(26,27)16-6-4-3-5-7-16/h3-7,13-14,20,23H,2,8-12H2,1H3,(H,21,25). The Balaban J connectivity index is 1.95. The van der Waals surface area contributed by atoms with E-state index in [9.17, 15) is 13.2 Å². The second kappa shape index (κ2) is 9.03. The zero-order chi connectivity index (χ0) is 20.0. The minimum absolute atomic E-state index is 0.155. The van der Waals surface area contributed by atoms with Gasteiger partial charge in [0, 0.05) is 38.9 Å². The molecule has 0 unspecified atom stereocenters. The second-order valence-corrected chi connectivity index (χ2v) is 8.19. The molecule has 3 rings (SSSR count). The first-order valence-electron chi connectivity index (χ1n) is 9.33. The number of amides is 1. The number of carbonyl (C=O) groups excluding carboxylic acids is 1. The molecule has 2 heterocycles. The summed E-state index contributed by atoms with van der Waals surface area (Å²) in [5.74, 6) is 0.245. The number of benzene rings is 1. The predicted molar refractivity (Wildman–Crippen MR) is 109 cm³/mol. The molecule has 8 nitrogen and oxygen atoms in total. The number of pyridine rings is 1. The van der Waals surface area contributed by atoms with Crippen molar-refractivity contribution in [3.63, 3.8) is 0 Å². The van der Waals surface area contributed by atoms with Crippen molar-refractivity contribution in [1.82, 2.24) is 15.6 Å². The maximum Gasteiger partial charge on any atom is 0.262 e. The van der Waals surface area contributed by atoms with Crippen LogP contribution in [0.4, 0.5) is 11.5 Å². The average Bonchev–Trinajstić information content (AvgIpc) is 2.73. The third-order valence-electron chi connectivity index (χ3n) is 4.38. The lowest BCUT2D eigenvalue weighted by molar-refractivity contribution is 0.0953. The van der Waals surface area contributed by atoms with Crippen molar-refractivity contribution in [2.45, 2.75) is 18.2 Å². The maximum absolute atomic E-state index is 12.8. The number of carbonyl (C=O) groups is 1. The van der Waals surface area contributed by atoms with Crippen LogP contribution in [0.2, 0.25) is 0 Å². The van der Waals surface area contributed by atoms with Gasteiger partial charge in [-0.25, -0.2) is 13.4 Å². The van der Waals surface area contributed by atoms with Crippen LogP contribution in [0.3, 0.4) is 0 Å². The van der Waals surface area contributed by atoms with E-state index in [1.54, 1.807) is 24.3 Å². The third-order valence-corrected chi connectivity index (χ3v) is 5.76. The summed E-state index contributed by atoms with van der Waals surface area (Å²) in [7, 11) is -3.80. The van der Waals surface area contributed by atoms with Gasteiger partial charge in [-0.2, -0.15) is 0 Å². The molecule has 0 aliphatic carbocycles. The molecule has 1 amide bonds. The van der Waals surface area contributed by atoms with Crippen molar-refractivity contribution >= 4 is 27.4 Å². The van der Waals surface area contributed by atoms with Gasteiger partial charge in [-0.3, -0.25) is 9.52 Å². The Labute approximate surface area is 165 Å². The van der Waals surface area contributed by atoms with Crippen LogP contribution in [0.25, 0.3) is 0 Å². The first kappa shape index (κ1) is 20.1. The van der Waals surface area contributed by atoms with Gasteiger partial charge >= 0.3 is 0 Å². The predicted octanol–water partition coefficient (Wildman–Crippen LogP) is 1.43. The van der Waals surface area contributed by atoms with Gasteiger partial charge in [0.05, 0.1) is 16.1 Å². The Morgan fingerprint density at radius 3 is 2.61 bits per heavy atom. The van der Waals surface area contributed by atoms with E-state index < -0.39 is 10.0 Å². The fraction of sp³-hybridized carbons (Fsp3) is 0.368. The van der Waals surface area contributed by atoms with Crippen LogP contribution in [0, 0.1) is 0 Å². The fourth-order valence-corrected chi connectivity index (χ4v) is 4.00. The van der Waals surface area contributed by atoms with Gasteiger partial charge in [0.2, 0.25) is 0 Å². The summed E-state index contributed by atoms with van der Waals surface area (Å²) in [4.78, 5) is 18.9. The average molecular weight is 404 g/mol. The van der Waals surface area contributed by atoms with Gasteiger partial charge in [0.25, 0.3) is 15.9 Å². The third kappa shape index (κ3) is 4.79. The highest BCUT2D eigenvalue weighted by Crippen LogP contribution is 2.27. The molecule has 28 heavy (non-hydrogen) atoms. The number of nitrogens with one attached hydrogen (secondary N) is 3. The van der Waals surface area contributed by atoms with Gasteiger partial charge in [-0.15, -0.1) is 0 Å². The van der Waals surface area contributed by atoms with E-state index >= 15 is 0 Å². The number of hydrogen-bond donors (Lipinski definition) is 3. The lowest BCUT2D eigenvalue weighted by Crippen LogP contribution is -2.44. The van der Waals surface area contributed by atoms with E-state index in [4.69, 9.17) is 0 Å². The quantitative estimate of drug-likeness (QED) is 0.646. The molecular formula is C19H25N5O3S. The molecule has 0 atom stereocenters. The topological polar surface area (TPSA) is 103 Å². The number of aromatic nitrogens is 1. The first-order chi connectivity index (χ1) is 13.5. The number of anilines is 2. The zero-order valence-electron chi connectivity index (χ0n) is 15.8. The smallest absolute Gasteiger partial charge is 0.262 e. The minimum atomic E-state index is -3.80. The highest BCUT2D eigenvalue weighted by Gasteiger charge is 2.22. The SMILES string of the molecule is CCCNC(=O)c1cnc(N2CCNCC2)c(NS(=O)(=O)c2ccccc2)c1. The van der Waals surface area contributed by atoms with E-state index in [1.807, 2.05) is 11.8 Å². The van der Waals surface area contributed by atoms with Crippen molar-refractivity contribution in [3.05, 3.63) is 48.2 Å². The van der Waals surface area contributed by atoms with Crippen LogP contribution in [-0.4, -0.2) is 52.0 Å². The van der Waals surface area contributed by atoms with E-state index in [2.05, 4.69) is 20.3 Å². The van der Waals surface area contributed by atoms with E-state index in [-0.39, 0.29) is 10.8 Å². The molecule has 0 radical (unpaired) electrons.